The number of sulfonamides is 1. The van der Waals surface area contributed by atoms with Crippen LogP contribution >= 0.6 is 0 Å². The minimum atomic E-state index is -4.63. The number of nitrogens with zero attached hydrogens (tertiary/aromatic N) is 4. The first-order chi connectivity index (χ1) is 32.0. The summed E-state index contributed by atoms with van der Waals surface area (Å²) in [6.45, 7) is 15.2. The molecule has 3 atom stereocenters. The molecule has 4 fully saturated rings. The fourth-order valence-electron chi connectivity index (χ4n) is 11.9. The number of amides is 1. The molecule has 5 aliphatic rings. The van der Waals surface area contributed by atoms with Crippen LogP contribution in [0, 0.1) is 33.8 Å². The first-order valence-electron chi connectivity index (χ1n) is 24.2. The number of pyridine rings is 1. The Bertz CT molecular complexity index is 2820. The van der Waals surface area contributed by atoms with Gasteiger partial charge >= 0.3 is 0 Å². The van der Waals surface area contributed by atoms with Gasteiger partial charge in [0.15, 0.2) is 11.4 Å². The largest absolute Gasteiger partial charge is 0.489 e. The predicted molar refractivity (Wildman–Crippen MR) is 260 cm³/mol. The Kier molecular flexibility index (Phi) is 11.8. The van der Waals surface area contributed by atoms with Gasteiger partial charge < -0.3 is 24.7 Å². The maximum absolute atomic E-state index is 14.2. The molecule has 2 saturated carbocycles. The molecule has 2 saturated heterocycles. The molecule has 5 heterocycles. The number of benzene rings is 3. The monoisotopic (exact) mass is 929 g/mol. The molecule has 0 bridgehead atoms. The summed E-state index contributed by atoms with van der Waals surface area (Å²) in [5.74, 6) is 0.989. The van der Waals surface area contributed by atoms with Crippen molar-refractivity contribution in [1.82, 2.24) is 19.6 Å². The number of likely N-dealkylation sites (tertiary alicyclic amines) is 1. The van der Waals surface area contributed by atoms with Gasteiger partial charge in [-0.3, -0.25) is 19.8 Å². The van der Waals surface area contributed by atoms with Gasteiger partial charge in [-0.25, -0.2) is 18.1 Å². The highest BCUT2D eigenvalue weighted by Crippen LogP contribution is 2.49. The van der Waals surface area contributed by atoms with Gasteiger partial charge in [-0.2, -0.15) is 0 Å². The summed E-state index contributed by atoms with van der Waals surface area (Å²) in [4.78, 5) is 38.3. The Labute approximate surface area is 393 Å². The van der Waals surface area contributed by atoms with E-state index in [1.54, 1.807) is 18.3 Å². The van der Waals surface area contributed by atoms with E-state index < -0.39 is 31.4 Å². The van der Waals surface area contributed by atoms with Crippen LogP contribution < -0.4 is 24.4 Å². The standard InChI is InChI=1S/C52H63N7O7S/c1-32(2)39-9-6-7-10-40(39)41-11-8-12-44(41)58-30-52(31-58)19-21-57(22-20-52)36-13-14-42(46(25-36)66-37-24-35-23-33(3)54-49(35)53-28-37)50(60)56-67(63,64)38-26-45(59(61)62)48-47(27-38)65-29-43(55-48)34-15-17-51(4,5)18-16-34/h6-7,9-10,13-14,23-28,32,34,41,43-44,55H,8,11-12,15-22,29-31H2,1-5H3,(H,53,54)(H,56,60)/t41-,43+,44-/m0/s1. The molecule has 3 aromatic carbocycles. The number of rotatable bonds is 11. The molecule has 354 valence electrons. The van der Waals surface area contributed by atoms with Crippen molar-refractivity contribution < 1.29 is 27.6 Å². The Balaban J connectivity index is 0.861. The number of aromatic nitrogens is 2. The molecule has 2 aliphatic carbocycles. The third-order valence-electron chi connectivity index (χ3n) is 15.7. The quantitative estimate of drug-likeness (QED) is 0.0850. The van der Waals surface area contributed by atoms with Gasteiger partial charge in [0.05, 0.1) is 27.6 Å². The summed E-state index contributed by atoms with van der Waals surface area (Å²) in [5, 5.41) is 16.6. The molecule has 1 spiro atoms. The van der Waals surface area contributed by atoms with Crippen LogP contribution in [0.4, 0.5) is 17.1 Å². The topological polar surface area (TPSA) is 172 Å². The van der Waals surface area contributed by atoms with E-state index in [9.17, 15) is 23.3 Å². The van der Waals surface area contributed by atoms with Crippen molar-refractivity contribution in [2.75, 3.05) is 43.0 Å². The summed E-state index contributed by atoms with van der Waals surface area (Å²) in [6, 6.07) is 20.7. The second-order valence-corrected chi connectivity index (χ2v) is 22.9. The van der Waals surface area contributed by atoms with Crippen molar-refractivity contribution in [3.8, 4) is 17.2 Å². The fourth-order valence-corrected chi connectivity index (χ4v) is 12.9. The highest BCUT2D eigenvalue weighted by atomic mass is 32.2. The number of aryl methyl sites for hydroxylation is 1. The van der Waals surface area contributed by atoms with E-state index in [0.29, 0.717) is 29.3 Å². The first kappa shape index (κ1) is 45.1. The Hall–Kier alpha value is -5.67. The number of nitro benzene ring substituents is 1. The summed E-state index contributed by atoms with van der Waals surface area (Å²) >= 11 is 0. The second kappa shape index (κ2) is 17.4. The molecule has 2 aromatic heterocycles. The van der Waals surface area contributed by atoms with E-state index in [4.69, 9.17) is 9.47 Å². The number of hydrogen-bond donors (Lipinski definition) is 3. The first-order valence-corrected chi connectivity index (χ1v) is 25.7. The number of H-pyrrole nitrogens is 1. The summed E-state index contributed by atoms with van der Waals surface area (Å²) in [6.07, 6.45) is 11.4. The summed E-state index contributed by atoms with van der Waals surface area (Å²) in [5.41, 5.74) is 5.71. The molecule has 67 heavy (non-hydrogen) atoms. The van der Waals surface area contributed by atoms with Crippen LogP contribution in [0.25, 0.3) is 11.0 Å². The van der Waals surface area contributed by atoms with E-state index in [-0.39, 0.29) is 52.1 Å². The van der Waals surface area contributed by atoms with Crippen LogP contribution in [-0.4, -0.2) is 79.0 Å². The van der Waals surface area contributed by atoms with Crippen molar-refractivity contribution in [1.29, 1.82) is 0 Å². The molecule has 3 aliphatic heterocycles. The molecule has 10 rings (SSSR count). The zero-order chi connectivity index (χ0) is 46.8. The number of fused-ring (bicyclic) bond motifs is 2. The average molecular weight is 930 g/mol. The van der Waals surface area contributed by atoms with Gasteiger partial charge in [0.1, 0.15) is 23.8 Å². The molecule has 0 unspecified atom stereocenters. The molecular formula is C52H63N7O7S. The number of ether oxygens (including phenoxy) is 2. The normalized spacial score (nSPS) is 22.8. The lowest BCUT2D eigenvalue weighted by Crippen LogP contribution is -2.63. The number of aromatic amines is 1. The van der Waals surface area contributed by atoms with E-state index in [2.05, 4.69) is 81.8 Å². The molecular weight excluding hydrogens is 867 g/mol. The molecule has 5 aromatic rings. The summed E-state index contributed by atoms with van der Waals surface area (Å²) in [7, 11) is -4.63. The number of anilines is 2. The van der Waals surface area contributed by atoms with Crippen molar-refractivity contribution >= 4 is 44.0 Å². The number of piperidine rings is 1. The van der Waals surface area contributed by atoms with Crippen LogP contribution in [0.3, 0.4) is 0 Å². The number of carbonyl (C=O) groups is 1. The van der Waals surface area contributed by atoms with Gasteiger partial charge in [-0.15, -0.1) is 0 Å². The lowest BCUT2D eigenvalue weighted by molar-refractivity contribution is -0.384. The van der Waals surface area contributed by atoms with Crippen LogP contribution in [0.1, 0.15) is 124 Å². The second-order valence-electron chi connectivity index (χ2n) is 21.2. The average Bonchev–Trinajstić information content (AvgIpc) is 3.93. The van der Waals surface area contributed by atoms with E-state index in [1.807, 2.05) is 25.1 Å². The highest BCUT2D eigenvalue weighted by Gasteiger charge is 2.49. The van der Waals surface area contributed by atoms with E-state index >= 15 is 0 Å². The lowest BCUT2D eigenvalue weighted by atomic mass is 9.70. The molecule has 15 heteroatoms. The molecule has 3 N–H and O–H groups in total. The Morgan fingerprint density at radius 2 is 1.75 bits per heavy atom. The molecule has 0 radical (unpaired) electrons. The smallest absolute Gasteiger partial charge is 0.297 e. The zero-order valence-corrected chi connectivity index (χ0v) is 40.1. The Morgan fingerprint density at radius 3 is 2.49 bits per heavy atom. The van der Waals surface area contributed by atoms with Crippen molar-refractivity contribution in [3.63, 3.8) is 0 Å². The SMILES string of the molecule is Cc1cc2cc(Oc3cc(N4CCC5(CC4)CN([C@H]4CCC[C@H]4c4ccccc4C(C)C)C5)ccc3C(=O)NS(=O)(=O)c3cc4c(c([N+](=O)[O-])c3)N[C@@H](C3CCC(C)(C)CC3)CO4)cnc2[nH]1. The maximum Gasteiger partial charge on any atom is 0.297 e. The van der Waals surface area contributed by atoms with E-state index in [0.717, 1.165) is 87.5 Å². The van der Waals surface area contributed by atoms with Crippen LogP contribution in [0.2, 0.25) is 0 Å². The van der Waals surface area contributed by atoms with Gasteiger partial charge in [0, 0.05) is 67.2 Å². The van der Waals surface area contributed by atoms with Crippen molar-refractivity contribution in [2.24, 2.45) is 16.7 Å². The van der Waals surface area contributed by atoms with Crippen LogP contribution in [0.5, 0.6) is 17.2 Å². The fraction of sp³-hybridized carbons (Fsp3) is 0.500. The van der Waals surface area contributed by atoms with Crippen LogP contribution in [0.15, 0.2) is 77.8 Å². The summed E-state index contributed by atoms with van der Waals surface area (Å²) < 4.78 is 42.7. The number of hydrogen-bond acceptors (Lipinski definition) is 11. The zero-order valence-electron chi connectivity index (χ0n) is 39.3. The van der Waals surface area contributed by atoms with Gasteiger partial charge in [-0.05, 0) is 122 Å². The van der Waals surface area contributed by atoms with Crippen molar-refractivity contribution in [3.05, 3.63) is 105 Å². The number of nitro groups is 1. The number of carbonyl (C=O) groups excluding carboxylic acids is 1. The predicted octanol–water partition coefficient (Wildman–Crippen LogP) is 10.4. The maximum atomic E-state index is 14.2. The Morgan fingerprint density at radius 1 is 0.985 bits per heavy atom. The minimum Gasteiger partial charge on any atom is -0.489 e. The van der Waals surface area contributed by atoms with Gasteiger partial charge in [0.2, 0.25) is 0 Å². The van der Waals surface area contributed by atoms with Crippen LogP contribution in [-0.2, 0) is 10.0 Å². The molecule has 14 nitrogen and oxygen atoms in total. The molecule has 1 amide bonds. The highest BCUT2D eigenvalue weighted by molar-refractivity contribution is 7.90. The minimum absolute atomic E-state index is 0.0187. The lowest BCUT2D eigenvalue weighted by Gasteiger charge is -2.57. The third-order valence-corrected chi connectivity index (χ3v) is 17.0. The van der Waals surface area contributed by atoms with Crippen molar-refractivity contribution in [2.45, 2.75) is 121 Å². The van der Waals surface area contributed by atoms with E-state index in [1.165, 1.54) is 36.5 Å². The number of nitrogens with one attached hydrogen (secondary N) is 3. The third kappa shape index (κ3) is 8.96. The van der Waals surface area contributed by atoms with Gasteiger partial charge in [-0.1, -0.05) is 58.4 Å². The van der Waals surface area contributed by atoms with Gasteiger partial charge in [0.25, 0.3) is 21.6 Å².